The average Bonchev–Trinajstić information content (AvgIpc) is 2.73. The molecule has 1 aliphatic heterocycles. The van der Waals surface area contributed by atoms with Gasteiger partial charge in [-0.3, -0.25) is 14.6 Å². The molecular formula is C18H16BrN3O4. The lowest BCUT2D eigenvalue weighted by atomic mass is 10.1. The fourth-order valence-corrected chi connectivity index (χ4v) is 3.14. The van der Waals surface area contributed by atoms with E-state index >= 15 is 0 Å². The van der Waals surface area contributed by atoms with Crippen molar-refractivity contribution in [3.05, 3.63) is 52.8 Å². The van der Waals surface area contributed by atoms with Crippen LogP contribution in [0, 0.1) is 0 Å². The lowest BCUT2D eigenvalue weighted by molar-refractivity contribution is -0.122. The highest BCUT2D eigenvalue weighted by molar-refractivity contribution is 9.10. The van der Waals surface area contributed by atoms with Crippen molar-refractivity contribution in [2.75, 3.05) is 16.8 Å². The minimum atomic E-state index is -0.642. The van der Waals surface area contributed by atoms with Crippen molar-refractivity contribution in [1.29, 1.82) is 0 Å². The summed E-state index contributed by atoms with van der Waals surface area (Å²) >= 11 is 3.23. The molecule has 0 aliphatic carbocycles. The number of pyridine rings is 1. The van der Waals surface area contributed by atoms with Crippen molar-refractivity contribution in [1.82, 2.24) is 4.98 Å². The number of para-hydroxylation sites is 2. The molecule has 0 fully saturated rings. The Labute approximate surface area is 158 Å². The van der Waals surface area contributed by atoms with Crippen LogP contribution in [-0.4, -0.2) is 35.4 Å². The summed E-state index contributed by atoms with van der Waals surface area (Å²) in [7, 11) is 0. The summed E-state index contributed by atoms with van der Waals surface area (Å²) in [5.41, 5.74) is 1.38. The van der Waals surface area contributed by atoms with Crippen LogP contribution >= 0.6 is 15.9 Å². The van der Waals surface area contributed by atoms with Gasteiger partial charge in [-0.15, -0.1) is 0 Å². The van der Waals surface area contributed by atoms with Crippen molar-refractivity contribution in [3.8, 4) is 0 Å². The SMILES string of the molecule is CC1CC(=O)Nc2ccccc2N1C(=O)COC(=O)c1cncc(Br)c1. The highest BCUT2D eigenvalue weighted by Crippen LogP contribution is 2.31. The number of nitrogens with zero attached hydrogens (tertiary/aromatic N) is 2. The predicted octanol–water partition coefficient (Wildman–Crippen LogP) is 2.76. The molecule has 26 heavy (non-hydrogen) atoms. The van der Waals surface area contributed by atoms with Gasteiger partial charge in [-0.25, -0.2) is 4.79 Å². The van der Waals surface area contributed by atoms with Crippen molar-refractivity contribution in [3.63, 3.8) is 0 Å². The van der Waals surface area contributed by atoms with E-state index in [0.717, 1.165) is 0 Å². The lowest BCUT2D eigenvalue weighted by Gasteiger charge is -2.27. The summed E-state index contributed by atoms with van der Waals surface area (Å²) in [5.74, 6) is -1.22. The molecule has 1 aromatic heterocycles. The minimum absolute atomic E-state index is 0.157. The molecular weight excluding hydrogens is 402 g/mol. The molecule has 0 radical (unpaired) electrons. The summed E-state index contributed by atoms with van der Waals surface area (Å²) in [6.45, 7) is 1.35. The van der Waals surface area contributed by atoms with Crippen LogP contribution in [0.25, 0.3) is 0 Å². The van der Waals surface area contributed by atoms with E-state index in [1.807, 2.05) is 0 Å². The number of halogens is 1. The molecule has 0 bridgehead atoms. The van der Waals surface area contributed by atoms with Crippen LogP contribution < -0.4 is 10.2 Å². The van der Waals surface area contributed by atoms with Crippen LogP contribution in [-0.2, 0) is 14.3 Å². The molecule has 0 saturated heterocycles. The maximum atomic E-state index is 12.7. The topological polar surface area (TPSA) is 88.6 Å². The van der Waals surface area contributed by atoms with E-state index in [9.17, 15) is 14.4 Å². The Morgan fingerprint density at radius 3 is 2.88 bits per heavy atom. The summed E-state index contributed by atoms with van der Waals surface area (Å²) in [4.78, 5) is 42.2. The number of carbonyl (C=O) groups is 3. The normalized spacial score (nSPS) is 16.3. The van der Waals surface area contributed by atoms with Crippen LogP contribution in [0.1, 0.15) is 23.7 Å². The first kappa shape index (κ1) is 18.1. The van der Waals surface area contributed by atoms with Gasteiger partial charge in [-0.2, -0.15) is 0 Å². The van der Waals surface area contributed by atoms with E-state index in [1.54, 1.807) is 43.5 Å². The van der Waals surface area contributed by atoms with Crippen LogP contribution in [0.2, 0.25) is 0 Å². The second-order valence-electron chi connectivity index (χ2n) is 5.85. The van der Waals surface area contributed by atoms with Crippen LogP contribution in [0.4, 0.5) is 11.4 Å². The third kappa shape index (κ3) is 3.91. The fourth-order valence-electron chi connectivity index (χ4n) is 2.77. The van der Waals surface area contributed by atoms with Gasteiger partial charge in [0.05, 0.1) is 16.9 Å². The first-order chi connectivity index (χ1) is 12.5. The first-order valence-electron chi connectivity index (χ1n) is 7.94. The molecule has 1 unspecified atom stereocenters. The Morgan fingerprint density at radius 2 is 2.12 bits per heavy atom. The summed E-state index contributed by atoms with van der Waals surface area (Å²) in [6.07, 6.45) is 3.07. The first-order valence-corrected chi connectivity index (χ1v) is 8.73. The zero-order chi connectivity index (χ0) is 18.7. The van der Waals surface area contributed by atoms with E-state index in [0.29, 0.717) is 15.8 Å². The number of rotatable bonds is 3. The van der Waals surface area contributed by atoms with Gasteiger partial charge in [0.15, 0.2) is 6.61 Å². The Morgan fingerprint density at radius 1 is 1.35 bits per heavy atom. The Bertz CT molecular complexity index is 871. The highest BCUT2D eigenvalue weighted by Gasteiger charge is 2.30. The molecule has 7 nitrogen and oxygen atoms in total. The summed E-state index contributed by atoms with van der Waals surface area (Å²) in [6, 6.07) is 8.23. The number of ether oxygens (including phenoxy) is 1. The third-order valence-electron chi connectivity index (χ3n) is 3.90. The molecule has 0 saturated carbocycles. The molecule has 0 spiro atoms. The number of benzene rings is 1. The number of anilines is 2. The lowest BCUT2D eigenvalue weighted by Crippen LogP contribution is -2.41. The number of amides is 2. The molecule has 1 aliphatic rings. The van der Waals surface area contributed by atoms with Gasteiger partial charge in [0, 0.05) is 29.3 Å². The van der Waals surface area contributed by atoms with Crippen LogP contribution in [0.5, 0.6) is 0 Å². The summed E-state index contributed by atoms with van der Waals surface area (Å²) < 4.78 is 5.77. The number of aromatic nitrogens is 1. The van der Waals surface area contributed by atoms with Gasteiger partial charge >= 0.3 is 5.97 Å². The zero-order valence-electron chi connectivity index (χ0n) is 13.9. The second kappa shape index (κ2) is 7.65. The Balaban J connectivity index is 1.76. The van der Waals surface area contributed by atoms with Crippen molar-refractivity contribution in [2.24, 2.45) is 0 Å². The van der Waals surface area contributed by atoms with Crippen molar-refractivity contribution in [2.45, 2.75) is 19.4 Å². The summed E-state index contributed by atoms with van der Waals surface area (Å²) in [5, 5.41) is 2.78. The highest BCUT2D eigenvalue weighted by atomic mass is 79.9. The molecule has 1 atom stereocenters. The molecule has 1 aromatic carbocycles. The molecule has 2 amide bonds. The monoisotopic (exact) mass is 417 g/mol. The van der Waals surface area contributed by atoms with Crippen molar-refractivity contribution >= 4 is 45.1 Å². The fraction of sp³-hybridized carbons (Fsp3) is 0.222. The molecule has 8 heteroatoms. The van der Waals surface area contributed by atoms with Gasteiger partial charge < -0.3 is 15.0 Å². The maximum absolute atomic E-state index is 12.7. The van der Waals surface area contributed by atoms with Crippen LogP contribution in [0.3, 0.4) is 0 Å². The zero-order valence-corrected chi connectivity index (χ0v) is 15.5. The Kier molecular flexibility index (Phi) is 5.32. The number of hydrogen-bond donors (Lipinski definition) is 1. The third-order valence-corrected chi connectivity index (χ3v) is 4.33. The van der Waals surface area contributed by atoms with E-state index in [-0.39, 0.29) is 23.9 Å². The second-order valence-corrected chi connectivity index (χ2v) is 6.77. The minimum Gasteiger partial charge on any atom is -0.452 e. The van der Waals surface area contributed by atoms with E-state index in [2.05, 4.69) is 26.2 Å². The number of fused-ring (bicyclic) bond motifs is 1. The van der Waals surface area contributed by atoms with Gasteiger partial charge in [0.2, 0.25) is 5.91 Å². The molecule has 2 heterocycles. The van der Waals surface area contributed by atoms with E-state index in [4.69, 9.17) is 4.74 Å². The molecule has 1 N–H and O–H groups in total. The van der Waals surface area contributed by atoms with Gasteiger partial charge in [-0.05, 0) is 41.1 Å². The number of hydrogen-bond acceptors (Lipinski definition) is 5. The van der Waals surface area contributed by atoms with Gasteiger partial charge in [-0.1, -0.05) is 12.1 Å². The number of esters is 1. The number of carbonyl (C=O) groups excluding carboxylic acids is 3. The maximum Gasteiger partial charge on any atom is 0.340 e. The quantitative estimate of drug-likeness (QED) is 0.775. The standard InChI is InChI=1S/C18H16BrN3O4/c1-11-6-16(23)21-14-4-2-3-5-15(14)22(11)17(24)10-26-18(25)12-7-13(19)9-20-8-12/h2-5,7-9,11H,6,10H2,1H3,(H,21,23). The van der Waals surface area contributed by atoms with Gasteiger partial charge in [0.1, 0.15) is 0 Å². The Hall–Kier alpha value is -2.74. The average molecular weight is 418 g/mol. The predicted molar refractivity (Wildman–Crippen MR) is 98.9 cm³/mol. The largest absolute Gasteiger partial charge is 0.452 e. The van der Waals surface area contributed by atoms with Crippen LogP contribution in [0.15, 0.2) is 47.2 Å². The van der Waals surface area contributed by atoms with E-state index < -0.39 is 18.5 Å². The molecule has 3 rings (SSSR count). The van der Waals surface area contributed by atoms with E-state index in [1.165, 1.54) is 11.1 Å². The molecule has 2 aromatic rings. The number of nitrogens with one attached hydrogen (secondary N) is 1. The smallest absolute Gasteiger partial charge is 0.340 e. The van der Waals surface area contributed by atoms with Gasteiger partial charge in [0.25, 0.3) is 5.91 Å². The van der Waals surface area contributed by atoms with Crippen molar-refractivity contribution < 1.29 is 19.1 Å². The molecule has 134 valence electrons.